The average Bonchev–Trinajstić information content (AvgIpc) is 2.67. The average molecular weight is 297 g/mol. The molecule has 0 bridgehead atoms. The Hall–Kier alpha value is -1.00. The van der Waals surface area contributed by atoms with Crippen LogP contribution < -0.4 is 5.32 Å². The van der Waals surface area contributed by atoms with Gasteiger partial charge in [-0.25, -0.2) is 8.78 Å². The molecule has 0 saturated carbocycles. The van der Waals surface area contributed by atoms with Crippen LogP contribution in [0.4, 0.5) is 8.78 Å². The van der Waals surface area contributed by atoms with Crippen LogP contribution in [-0.4, -0.2) is 18.8 Å². The van der Waals surface area contributed by atoms with Crippen LogP contribution in [0.3, 0.4) is 0 Å². The monoisotopic (exact) mass is 297 g/mol. The highest BCUT2D eigenvalue weighted by atomic mass is 19.1. The Morgan fingerprint density at radius 2 is 1.76 bits per heavy atom. The highest BCUT2D eigenvalue weighted by Crippen LogP contribution is 2.41. The summed E-state index contributed by atoms with van der Waals surface area (Å²) in [7, 11) is 0. The molecule has 2 nitrogen and oxygen atoms in total. The van der Waals surface area contributed by atoms with Gasteiger partial charge in [-0.05, 0) is 44.9 Å². The highest BCUT2D eigenvalue weighted by molar-refractivity contribution is 5.25. The highest BCUT2D eigenvalue weighted by Gasteiger charge is 2.43. The standard InChI is InChI=1S/C17H25F2NO/c1-5-9-20-17(15-10(2)11(3)21-12(15)4)16-13(18)7-6-8-14(16)19/h6-8,10-12,15,17,20H,5,9H2,1-4H3. The maximum absolute atomic E-state index is 14.2. The maximum Gasteiger partial charge on any atom is 0.130 e. The second-order valence-electron chi connectivity index (χ2n) is 6.05. The van der Waals surface area contributed by atoms with E-state index in [9.17, 15) is 8.78 Å². The SMILES string of the molecule is CCCNC(c1c(F)cccc1F)C1C(C)OC(C)C1C. The lowest BCUT2D eigenvalue weighted by Gasteiger charge is -2.30. The molecular formula is C17H25F2NO. The van der Waals surface area contributed by atoms with E-state index in [1.165, 1.54) is 18.2 Å². The van der Waals surface area contributed by atoms with Crippen molar-refractivity contribution < 1.29 is 13.5 Å². The van der Waals surface area contributed by atoms with Crippen LogP contribution in [0.5, 0.6) is 0 Å². The zero-order valence-corrected chi connectivity index (χ0v) is 13.2. The second-order valence-corrected chi connectivity index (χ2v) is 6.05. The van der Waals surface area contributed by atoms with Crippen LogP contribution in [0.15, 0.2) is 18.2 Å². The predicted molar refractivity (Wildman–Crippen MR) is 80.1 cm³/mol. The summed E-state index contributed by atoms with van der Waals surface area (Å²) in [6, 6.07) is 3.70. The van der Waals surface area contributed by atoms with Gasteiger partial charge < -0.3 is 10.1 Å². The molecule has 1 fully saturated rings. The lowest BCUT2D eigenvalue weighted by atomic mass is 9.80. The third kappa shape index (κ3) is 3.27. The van der Waals surface area contributed by atoms with Gasteiger partial charge in [0.25, 0.3) is 0 Å². The predicted octanol–water partition coefficient (Wildman–Crippen LogP) is 4.07. The number of hydrogen-bond donors (Lipinski definition) is 1. The molecule has 118 valence electrons. The summed E-state index contributed by atoms with van der Waals surface area (Å²) in [6.07, 6.45) is 0.993. The van der Waals surface area contributed by atoms with Crippen LogP contribution in [0.25, 0.3) is 0 Å². The number of rotatable bonds is 5. The molecule has 0 radical (unpaired) electrons. The van der Waals surface area contributed by atoms with Gasteiger partial charge in [-0.3, -0.25) is 0 Å². The van der Waals surface area contributed by atoms with E-state index in [0.717, 1.165) is 13.0 Å². The first-order valence-electron chi connectivity index (χ1n) is 7.80. The number of halogens is 2. The van der Waals surface area contributed by atoms with Gasteiger partial charge in [0.15, 0.2) is 0 Å². The quantitative estimate of drug-likeness (QED) is 0.884. The lowest BCUT2D eigenvalue weighted by molar-refractivity contribution is 0.0472. The second kappa shape index (κ2) is 6.84. The van der Waals surface area contributed by atoms with E-state index < -0.39 is 11.6 Å². The van der Waals surface area contributed by atoms with Crippen molar-refractivity contribution in [3.8, 4) is 0 Å². The van der Waals surface area contributed by atoms with Crippen molar-refractivity contribution in [2.24, 2.45) is 11.8 Å². The molecule has 0 spiro atoms. The summed E-state index contributed by atoms with van der Waals surface area (Å²) in [4.78, 5) is 0. The van der Waals surface area contributed by atoms with E-state index in [0.29, 0.717) is 0 Å². The molecule has 5 atom stereocenters. The van der Waals surface area contributed by atoms with Gasteiger partial charge in [0, 0.05) is 17.5 Å². The van der Waals surface area contributed by atoms with Crippen molar-refractivity contribution in [2.75, 3.05) is 6.54 Å². The first-order chi connectivity index (χ1) is 9.97. The molecule has 1 aliphatic rings. The number of benzene rings is 1. The Bertz CT molecular complexity index is 460. The first kappa shape index (κ1) is 16.4. The molecule has 0 aliphatic carbocycles. The molecule has 1 aliphatic heterocycles. The fourth-order valence-corrected chi connectivity index (χ4v) is 3.41. The summed E-state index contributed by atoms with van der Waals surface area (Å²) in [5.74, 6) is -0.670. The van der Waals surface area contributed by atoms with Crippen LogP contribution in [0.2, 0.25) is 0 Å². The van der Waals surface area contributed by atoms with E-state index >= 15 is 0 Å². The fraction of sp³-hybridized carbons (Fsp3) is 0.647. The van der Waals surface area contributed by atoms with Crippen molar-refractivity contribution >= 4 is 0 Å². The minimum atomic E-state index is -0.484. The molecule has 1 N–H and O–H groups in total. The van der Waals surface area contributed by atoms with Gasteiger partial charge in [0.2, 0.25) is 0 Å². The Morgan fingerprint density at radius 1 is 1.14 bits per heavy atom. The maximum atomic E-state index is 14.2. The molecule has 4 heteroatoms. The minimum absolute atomic E-state index is 0.0247. The van der Waals surface area contributed by atoms with Gasteiger partial charge in [-0.2, -0.15) is 0 Å². The van der Waals surface area contributed by atoms with Crippen molar-refractivity contribution in [1.82, 2.24) is 5.32 Å². The number of nitrogens with one attached hydrogen (secondary N) is 1. The molecule has 21 heavy (non-hydrogen) atoms. The normalized spacial score (nSPS) is 30.6. The Morgan fingerprint density at radius 3 is 2.24 bits per heavy atom. The van der Waals surface area contributed by atoms with Crippen LogP contribution >= 0.6 is 0 Å². The topological polar surface area (TPSA) is 21.3 Å². The fourth-order valence-electron chi connectivity index (χ4n) is 3.41. The molecule has 1 heterocycles. The van der Waals surface area contributed by atoms with Crippen molar-refractivity contribution in [3.05, 3.63) is 35.4 Å². The van der Waals surface area contributed by atoms with E-state index in [-0.39, 0.29) is 35.6 Å². The largest absolute Gasteiger partial charge is 0.375 e. The molecular weight excluding hydrogens is 272 g/mol. The molecule has 1 saturated heterocycles. The summed E-state index contributed by atoms with van der Waals surface area (Å²) in [5, 5.41) is 3.33. The van der Waals surface area contributed by atoms with E-state index in [1.807, 2.05) is 20.8 Å². The van der Waals surface area contributed by atoms with Crippen molar-refractivity contribution in [3.63, 3.8) is 0 Å². The van der Waals surface area contributed by atoms with Crippen molar-refractivity contribution in [2.45, 2.75) is 52.4 Å². The van der Waals surface area contributed by atoms with E-state index in [2.05, 4.69) is 12.2 Å². The summed E-state index contributed by atoms with van der Waals surface area (Å²) in [6.45, 7) is 8.88. The number of ether oxygens (including phenoxy) is 1. The Kier molecular flexibility index (Phi) is 5.33. The third-order valence-corrected chi connectivity index (χ3v) is 4.63. The Balaban J connectivity index is 2.39. The van der Waals surface area contributed by atoms with E-state index in [1.54, 1.807) is 0 Å². The van der Waals surface area contributed by atoms with Gasteiger partial charge in [-0.1, -0.05) is 19.9 Å². The van der Waals surface area contributed by atoms with Gasteiger partial charge in [-0.15, -0.1) is 0 Å². The Labute approximate surface area is 125 Å². The van der Waals surface area contributed by atoms with E-state index in [4.69, 9.17) is 4.74 Å². The lowest BCUT2D eigenvalue weighted by Crippen LogP contribution is -2.36. The van der Waals surface area contributed by atoms with Crippen LogP contribution in [0.1, 0.15) is 45.7 Å². The minimum Gasteiger partial charge on any atom is -0.375 e. The van der Waals surface area contributed by atoms with Crippen LogP contribution in [0, 0.1) is 23.5 Å². The summed E-state index contributed by atoms with van der Waals surface area (Å²) in [5.41, 5.74) is 0.146. The van der Waals surface area contributed by atoms with Crippen LogP contribution in [-0.2, 0) is 4.74 Å². The number of hydrogen-bond acceptors (Lipinski definition) is 2. The van der Waals surface area contributed by atoms with Crippen molar-refractivity contribution in [1.29, 1.82) is 0 Å². The van der Waals surface area contributed by atoms with Gasteiger partial charge >= 0.3 is 0 Å². The molecule has 2 rings (SSSR count). The zero-order chi connectivity index (χ0) is 15.6. The molecule has 1 aromatic rings. The molecule has 0 aromatic heterocycles. The molecule has 0 amide bonds. The first-order valence-corrected chi connectivity index (χ1v) is 7.80. The van der Waals surface area contributed by atoms with Gasteiger partial charge in [0.05, 0.1) is 12.2 Å². The zero-order valence-electron chi connectivity index (χ0n) is 13.2. The molecule has 1 aromatic carbocycles. The summed E-state index contributed by atoms with van der Waals surface area (Å²) < 4.78 is 34.3. The van der Waals surface area contributed by atoms with Gasteiger partial charge in [0.1, 0.15) is 11.6 Å². The third-order valence-electron chi connectivity index (χ3n) is 4.63. The molecule has 5 unspecified atom stereocenters. The summed E-state index contributed by atoms with van der Waals surface area (Å²) >= 11 is 0. The smallest absolute Gasteiger partial charge is 0.130 e.